The van der Waals surface area contributed by atoms with E-state index in [4.69, 9.17) is 4.98 Å². The Hall–Kier alpha value is -3.10. The Bertz CT molecular complexity index is 1090. The Labute approximate surface area is 200 Å². The first-order valence-corrected chi connectivity index (χ1v) is 12.6. The zero-order valence-corrected chi connectivity index (χ0v) is 19.9. The van der Waals surface area contributed by atoms with Gasteiger partial charge in [-0.15, -0.1) is 0 Å². The fraction of sp³-hybridized carbons (Fsp3) is 0.321. The minimum atomic E-state index is -0.350. The molecule has 0 bridgehead atoms. The molecule has 0 fully saturated rings. The monoisotopic (exact) mass is 455 g/mol. The van der Waals surface area contributed by atoms with Crippen molar-refractivity contribution in [2.45, 2.75) is 62.1 Å². The summed E-state index contributed by atoms with van der Waals surface area (Å²) in [5, 5.41) is 10.2. The third-order valence-corrected chi connectivity index (χ3v) is 7.39. The van der Waals surface area contributed by atoms with Crippen LogP contribution in [0.5, 0.6) is 0 Å². The van der Waals surface area contributed by atoms with E-state index in [1.807, 2.05) is 73.7 Å². The smallest absolute Gasteiger partial charge is 0.245 e. The van der Waals surface area contributed by atoms with Crippen molar-refractivity contribution in [3.05, 3.63) is 83.6 Å². The van der Waals surface area contributed by atoms with Crippen LogP contribution in [0, 0.1) is 11.3 Å². The lowest BCUT2D eigenvalue weighted by Crippen LogP contribution is -2.34. The lowest BCUT2D eigenvalue weighted by molar-refractivity contribution is -0.117. The van der Waals surface area contributed by atoms with Crippen LogP contribution in [0.2, 0.25) is 0 Å². The molecule has 0 spiro atoms. The van der Waals surface area contributed by atoms with Crippen LogP contribution in [0.4, 0.5) is 11.4 Å². The number of hydrogen-bond acceptors (Lipinski definition) is 4. The molecule has 1 amide bonds. The maximum Gasteiger partial charge on any atom is 0.245 e. The van der Waals surface area contributed by atoms with Crippen molar-refractivity contribution in [1.29, 1.82) is 5.26 Å². The van der Waals surface area contributed by atoms with Crippen LogP contribution in [-0.2, 0) is 17.6 Å². The summed E-state index contributed by atoms with van der Waals surface area (Å²) in [5.74, 6) is -0.00247. The maximum atomic E-state index is 13.9. The van der Waals surface area contributed by atoms with Gasteiger partial charge in [0.05, 0.1) is 10.8 Å². The van der Waals surface area contributed by atoms with Gasteiger partial charge in [-0.2, -0.15) is 5.26 Å². The normalized spacial score (nSPS) is 14.3. The van der Waals surface area contributed by atoms with E-state index >= 15 is 0 Å². The second kappa shape index (κ2) is 11.2. The number of carbonyl (C=O) groups is 1. The highest BCUT2D eigenvalue weighted by Crippen LogP contribution is 2.34. The number of nitrogens with zero attached hydrogens (tertiary/aromatic N) is 3. The summed E-state index contributed by atoms with van der Waals surface area (Å²) < 4.78 is 0. The minimum Gasteiger partial charge on any atom is -0.280 e. The van der Waals surface area contributed by atoms with Crippen LogP contribution in [0.1, 0.15) is 55.8 Å². The highest BCUT2D eigenvalue weighted by Gasteiger charge is 2.28. The number of rotatable bonds is 6. The van der Waals surface area contributed by atoms with E-state index in [1.54, 1.807) is 4.90 Å². The summed E-state index contributed by atoms with van der Waals surface area (Å²) in [6, 6.07) is 23.8. The Morgan fingerprint density at radius 1 is 1.00 bits per heavy atom. The van der Waals surface area contributed by atoms with Crippen molar-refractivity contribution in [2.75, 3.05) is 4.90 Å². The maximum absolute atomic E-state index is 13.9. The van der Waals surface area contributed by atoms with Gasteiger partial charge in [0.1, 0.15) is 11.1 Å². The highest BCUT2D eigenvalue weighted by atomic mass is 32.2. The van der Waals surface area contributed by atoms with Crippen molar-refractivity contribution in [3.63, 3.8) is 0 Å². The Balaban J connectivity index is 1.67. The first-order chi connectivity index (χ1) is 16.2. The summed E-state index contributed by atoms with van der Waals surface area (Å²) in [6.07, 6.45) is 7.30. The van der Waals surface area contributed by atoms with Crippen LogP contribution in [0.25, 0.3) is 0 Å². The number of pyridine rings is 1. The first-order valence-electron chi connectivity index (χ1n) is 11.7. The molecule has 0 N–H and O–H groups in total. The molecular formula is C28H29N3OS. The van der Waals surface area contributed by atoms with E-state index in [9.17, 15) is 10.1 Å². The molecule has 5 heteroatoms. The molecule has 0 saturated carbocycles. The minimum absolute atomic E-state index is 0.00247. The van der Waals surface area contributed by atoms with Gasteiger partial charge in [-0.1, -0.05) is 67.9 Å². The molecule has 1 atom stereocenters. The van der Waals surface area contributed by atoms with Gasteiger partial charge >= 0.3 is 0 Å². The van der Waals surface area contributed by atoms with Crippen molar-refractivity contribution in [3.8, 4) is 6.07 Å². The SMILES string of the molecule is CCC(Sc1nc2c(cc1C#N)CCCCCC2)C(=O)N(c1ccccc1)c1ccccc1. The molecular weight excluding hydrogens is 426 g/mol. The molecule has 3 aromatic rings. The standard InChI is InChI=1S/C28H29N3OS/c1-2-26(28(32)31(23-14-8-5-9-15-23)24-16-10-6-11-17-24)33-27-22(20-29)19-21-13-7-3-4-12-18-25(21)30-27/h5-6,8-11,14-17,19,26H,2-4,7,12-13,18H2,1H3. The van der Waals surface area contributed by atoms with E-state index in [2.05, 4.69) is 6.07 Å². The second-order valence-corrected chi connectivity index (χ2v) is 9.52. The average Bonchev–Trinajstić information content (AvgIpc) is 2.84. The number of amides is 1. The van der Waals surface area contributed by atoms with Gasteiger partial charge < -0.3 is 0 Å². The molecule has 168 valence electrons. The molecule has 0 radical (unpaired) electrons. The van der Waals surface area contributed by atoms with Gasteiger partial charge in [0.2, 0.25) is 5.91 Å². The predicted octanol–water partition coefficient (Wildman–Crippen LogP) is 6.85. The van der Waals surface area contributed by atoms with Crippen LogP contribution >= 0.6 is 11.8 Å². The van der Waals surface area contributed by atoms with Gasteiger partial charge in [-0.3, -0.25) is 9.69 Å². The lowest BCUT2D eigenvalue weighted by atomic mass is 9.96. The Kier molecular flexibility index (Phi) is 7.80. The fourth-order valence-electron chi connectivity index (χ4n) is 4.28. The number of benzene rings is 2. The fourth-order valence-corrected chi connectivity index (χ4v) is 5.32. The summed E-state index contributed by atoms with van der Waals surface area (Å²) in [7, 11) is 0. The predicted molar refractivity (Wildman–Crippen MR) is 135 cm³/mol. The van der Waals surface area contributed by atoms with Crippen molar-refractivity contribution < 1.29 is 4.79 Å². The number of anilines is 2. The number of thioether (sulfide) groups is 1. The molecule has 1 aromatic heterocycles. The third-order valence-electron chi connectivity index (χ3n) is 6.04. The van der Waals surface area contributed by atoms with Crippen LogP contribution in [0.3, 0.4) is 0 Å². The number of aryl methyl sites for hydroxylation is 2. The topological polar surface area (TPSA) is 57.0 Å². The molecule has 4 rings (SSSR count). The molecule has 2 aromatic carbocycles. The molecule has 1 heterocycles. The molecule has 33 heavy (non-hydrogen) atoms. The number of carbonyl (C=O) groups excluding carboxylic acids is 1. The zero-order valence-electron chi connectivity index (χ0n) is 19.0. The van der Waals surface area contributed by atoms with Crippen molar-refractivity contribution in [1.82, 2.24) is 4.98 Å². The average molecular weight is 456 g/mol. The summed E-state index contributed by atoms with van der Waals surface area (Å²) >= 11 is 1.43. The van der Waals surface area contributed by atoms with Gasteiger partial charge in [-0.25, -0.2) is 4.98 Å². The summed E-state index contributed by atoms with van der Waals surface area (Å²) in [6.45, 7) is 2.02. The van der Waals surface area contributed by atoms with Gasteiger partial charge in [-0.05, 0) is 68.0 Å². The van der Waals surface area contributed by atoms with Gasteiger partial charge in [0.15, 0.2) is 0 Å². The van der Waals surface area contributed by atoms with Crippen LogP contribution in [0.15, 0.2) is 71.8 Å². The first kappa shape index (κ1) is 23.1. The quantitative estimate of drug-likeness (QED) is 0.382. The molecule has 1 unspecified atom stereocenters. The van der Waals surface area contributed by atoms with Crippen molar-refractivity contribution in [2.24, 2.45) is 0 Å². The molecule has 0 aliphatic heterocycles. The Morgan fingerprint density at radius 2 is 1.61 bits per heavy atom. The lowest BCUT2D eigenvalue weighted by Gasteiger charge is -2.27. The van der Waals surface area contributed by atoms with E-state index in [1.165, 1.54) is 30.2 Å². The van der Waals surface area contributed by atoms with E-state index in [0.29, 0.717) is 17.0 Å². The number of fused-ring (bicyclic) bond motifs is 1. The van der Waals surface area contributed by atoms with E-state index in [-0.39, 0.29) is 11.2 Å². The number of aromatic nitrogens is 1. The third kappa shape index (κ3) is 5.46. The van der Waals surface area contributed by atoms with Crippen LogP contribution in [-0.4, -0.2) is 16.1 Å². The van der Waals surface area contributed by atoms with E-state index < -0.39 is 0 Å². The van der Waals surface area contributed by atoms with Crippen molar-refractivity contribution >= 4 is 29.0 Å². The van der Waals surface area contributed by atoms with E-state index in [0.717, 1.165) is 42.8 Å². The Morgan fingerprint density at radius 3 is 2.18 bits per heavy atom. The largest absolute Gasteiger partial charge is 0.280 e. The number of nitriles is 1. The number of para-hydroxylation sites is 2. The molecule has 1 aliphatic rings. The zero-order chi connectivity index (χ0) is 23.0. The van der Waals surface area contributed by atoms with Gasteiger partial charge in [0.25, 0.3) is 0 Å². The molecule has 0 saturated heterocycles. The van der Waals surface area contributed by atoms with Crippen LogP contribution < -0.4 is 4.90 Å². The number of hydrogen-bond donors (Lipinski definition) is 0. The molecule has 4 nitrogen and oxygen atoms in total. The summed E-state index contributed by atoms with van der Waals surface area (Å²) in [5.41, 5.74) is 4.54. The van der Waals surface area contributed by atoms with Gasteiger partial charge in [0, 0.05) is 17.1 Å². The molecule has 1 aliphatic carbocycles. The second-order valence-electron chi connectivity index (χ2n) is 8.33. The summed E-state index contributed by atoms with van der Waals surface area (Å²) in [4.78, 5) is 20.6. The highest BCUT2D eigenvalue weighted by molar-refractivity contribution is 8.00.